The number of hydrogen-bond donors (Lipinski definition) is 3. The number of hydrogen-bond acceptors (Lipinski definition) is 4. The van der Waals surface area contributed by atoms with Crippen molar-refractivity contribution in [1.82, 2.24) is 5.32 Å². The molecule has 1 rings (SSSR count). The van der Waals surface area contributed by atoms with Gasteiger partial charge in [0.1, 0.15) is 5.60 Å². The lowest BCUT2D eigenvalue weighted by Crippen LogP contribution is -2.51. The first-order valence-electron chi connectivity index (χ1n) is 6.45. The zero-order valence-corrected chi connectivity index (χ0v) is 11.9. The molecule has 1 amide bonds. The summed E-state index contributed by atoms with van der Waals surface area (Å²) in [4.78, 5) is 22.9. The van der Waals surface area contributed by atoms with Gasteiger partial charge in [0.2, 0.25) is 0 Å². The smallest absolute Gasteiger partial charge is 0.407 e. The number of ether oxygens (including phenoxy) is 1. The van der Waals surface area contributed by atoms with Crippen LogP contribution in [0.25, 0.3) is 0 Å². The van der Waals surface area contributed by atoms with Crippen LogP contribution in [0.5, 0.6) is 0 Å². The van der Waals surface area contributed by atoms with Crippen LogP contribution in [0.3, 0.4) is 0 Å². The summed E-state index contributed by atoms with van der Waals surface area (Å²) in [5.41, 5.74) is -1.61. The van der Waals surface area contributed by atoms with E-state index >= 15 is 0 Å². The fourth-order valence-corrected chi connectivity index (χ4v) is 2.28. The van der Waals surface area contributed by atoms with E-state index in [0.717, 1.165) is 0 Å². The molecule has 0 aromatic rings. The third kappa shape index (κ3) is 5.06. The second-order valence-corrected chi connectivity index (χ2v) is 6.44. The number of aliphatic hydroxyl groups is 1. The van der Waals surface area contributed by atoms with E-state index in [9.17, 15) is 19.8 Å². The Bertz CT molecular complexity index is 359. The molecule has 0 saturated heterocycles. The molecule has 0 radical (unpaired) electrons. The Kier molecular flexibility index (Phi) is 4.45. The summed E-state index contributed by atoms with van der Waals surface area (Å²) >= 11 is 0. The van der Waals surface area contributed by atoms with Crippen molar-refractivity contribution in [3.63, 3.8) is 0 Å². The molecule has 19 heavy (non-hydrogen) atoms. The van der Waals surface area contributed by atoms with E-state index < -0.39 is 35.2 Å². The second kappa shape index (κ2) is 5.36. The van der Waals surface area contributed by atoms with Crippen LogP contribution in [0.15, 0.2) is 0 Å². The molecule has 0 heterocycles. The molecule has 3 atom stereocenters. The quantitative estimate of drug-likeness (QED) is 0.709. The monoisotopic (exact) mass is 273 g/mol. The van der Waals surface area contributed by atoms with Crippen molar-refractivity contribution in [2.24, 2.45) is 5.92 Å². The van der Waals surface area contributed by atoms with Gasteiger partial charge in [-0.25, -0.2) is 4.79 Å². The SMILES string of the molecule is CC(C)(C)OC(=O)N[C@H]1CC[C@@](C)(O)C[C@@H]1C(=O)O. The second-order valence-electron chi connectivity index (χ2n) is 6.44. The van der Waals surface area contributed by atoms with Gasteiger partial charge in [-0.05, 0) is 47.0 Å². The number of nitrogens with one attached hydrogen (secondary N) is 1. The van der Waals surface area contributed by atoms with Crippen LogP contribution < -0.4 is 5.32 Å². The van der Waals surface area contributed by atoms with Gasteiger partial charge >= 0.3 is 12.1 Å². The van der Waals surface area contributed by atoms with Crippen molar-refractivity contribution in [3.8, 4) is 0 Å². The highest BCUT2D eigenvalue weighted by molar-refractivity contribution is 5.74. The zero-order valence-electron chi connectivity index (χ0n) is 11.9. The van der Waals surface area contributed by atoms with Gasteiger partial charge in [-0.15, -0.1) is 0 Å². The van der Waals surface area contributed by atoms with Crippen LogP contribution in [0.2, 0.25) is 0 Å². The molecule has 3 N–H and O–H groups in total. The molecule has 6 heteroatoms. The molecule has 0 spiro atoms. The number of aliphatic carboxylic acids is 1. The summed E-state index contributed by atoms with van der Waals surface area (Å²) in [7, 11) is 0. The Balaban J connectivity index is 2.66. The van der Waals surface area contributed by atoms with Crippen molar-refractivity contribution in [2.75, 3.05) is 0 Å². The fourth-order valence-electron chi connectivity index (χ4n) is 2.28. The summed E-state index contributed by atoms with van der Waals surface area (Å²) in [6, 6.07) is -0.507. The molecule has 0 bridgehead atoms. The predicted octanol–water partition coefficient (Wildman–Crippen LogP) is 1.52. The first-order chi connectivity index (χ1) is 8.50. The Morgan fingerprint density at radius 1 is 1.37 bits per heavy atom. The van der Waals surface area contributed by atoms with Crippen LogP contribution in [0, 0.1) is 5.92 Å². The van der Waals surface area contributed by atoms with Crippen molar-refractivity contribution >= 4 is 12.1 Å². The van der Waals surface area contributed by atoms with Gasteiger partial charge in [-0.2, -0.15) is 0 Å². The minimum atomic E-state index is -1.01. The van der Waals surface area contributed by atoms with Gasteiger partial charge in [-0.3, -0.25) is 4.79 Å². The van der Waals surface area contributed by atoms with Gasteiger partial charge in [0.05, 0.1) is 11.5 Å². The molecule has 110 valence electrons. The minimum Gasteiger partial charge on any atom is -0.481 e. The van der Waals surface area contributed by atoms with Gasteiger partial charge < -0.3 is 20.3 Å². The normalized spacial score (nSPS) is 31.6. The van der Waals surface area contributed by atoms with Crippen LogP contribution >= 0.6 is 0 Å². The van der Waals surface area contributed by atoms with Gasteiger partial charge in [-0.1, -0.05) is 0 Å². The van der Waals surface area contributed by atoms with E-state index in [4.69, 9.17) is 4.74 Å². The molecule has 1 aliphatic rings. The number of carboxylic acid groups (broad SMARTS) is 1. The lowest BCUT2D eigenvalue weighted by Gasteiger charge is -2.38. The molecule has 0 aromatic carbocycles. The molecule has 1 fully saturated rings. The number of carbonyl (C=O) groups is 2. The average Bonchev–Trinajstić information content (AvgIpc) is 2.17. The molecule has 0 aliphatic heterocycles. The molecule has 0 unspecified atom stereocenters. The van der Waals surface area contributed by atoms with E-state index in [-0.39, 0.29) is 6.42 Å². The van der Waals surface area contributed by atoms with E-state index in [2.05, 4.69) is 5.32 Å². The minimum absolute atomic E-state index is 0.128. The van der Waals surface area contributed by atoms with Crippen LogP contribution in [0.4, 0.5) is 4.79 Å². The summed E-state index contributed by atoms with van der Waals surface area (Å²) in [6.45, 7) is 6.85. The Morgan fingerprint density at radius 2 is 1.95 bits per heavy atom. The van der Waals surface area contributed by atoms with Crippen LogP contribution in [-0.4, -0.2) is 39.5 Å². The summed E-state index contributed by atoms with van der Waals surface area (Å²) in [5, 5.41) is 21.7. The third-order valence-electron chi connectivity index (χ3n) is 3.16. The topological polar surface area (TPSA) is 95.9 Å². The zero-order chi connectivity index (χ0) is 14.8. The molecular weight excluding hydrogens is 250 g/mol. The largest absolute Gasteiger partial charge is 0.481 e. The molecular formula is C13H23NO5. The number of carboxylic acids is 1. The van der Waals surface area contributed by atoms with Crippen LogP contribution in [0.1, 0.15) is 47.0 Å². The van der Waals surface area contributed by atoms with Crippen LogP contribution in [-0.2, 0) is 9.53 Å². The Hall–Kier alpha value is -1.30. The third-order valence-corrected chi connectivity index (χ3v) is 3.16. The lowest BCUT2D eigenvalue weighted by molar-refractivity contribution is -0.147. The Morgan fingerprint density at radius 3 is 2.42 bits per heavy atom. The van der Waals surface area contributed by atoms with Crippen molar-refractivity contribution in [2.45, 2.75) is 64.2 Å². The first-order valence-corrected chi connectivity index (χ1v) is 6.45. The van der Waals surface area contributed by atoms with Crippen molar-refractivity contribution in [3.05, 3.63) is 0 Å². The van der Waals surface area contributed by atoms with Crippen molar-refractivity contribution < 1.29 is 24.5 Å². The molecule has 0 aromatic heterocycles. The standard InChI is InChI=1S/C13H23NO5/c1-12(2,3)19-11(17)14-9-5-6-13(4,18)7-8(9)10(15)16/h8-9,18H,5-7H2,1-4H3,(H,14,17)(H,15,16)/t8-,9-,13+/m0/s1. The van der Waals surface area contributed by atoms with E-state index in [1.54, 1.807) is 27.7 Å². The number of amides is 1. The van der Waals surface area contributed by atoms with Gasteiger partial charge in [0, 0.05) is 6.04 Å². The summed E-state index contributed by atoms with van der Waals surface area (Å²) < 4.78 is 5.12. The maximum Gasteiger partial charge on any atom is 0.407 e. The number of alkyl carbamates (subject to hydrolysis) is 1. The van der Waals surface area contributed by atoms with Gasteiger partial charge in [0.25, 0.3) is 0 Å². The molecule has 1 aliphatic carbocycles. The van der Waals surface area contributed by atoms with Gasteiger partial charge in [0.15, 0.2) is 0 Å². The van der Waals surface area contributed by atoms with E-state index in [0.29, 0.717) is 12.8 Å². The summed E-state index contributed by atoms with van der Waals surface area (Å²) in [5.74, 6) is -1.81. The molecule has 6 nitrogen and oxygen atoms in total. The highest BCUT2D eigenvalue weighted by Gasteiger charge is 2.41. The number of carbonyl (C=O) groups excluding carboxylic acids is 1. The molecule has 1 saturated carbocycles. The Labute approximate surface area is 113 Å². The van der Waals surface area contributed by atoms with Crippen molar-refractivity contribution in [1.29, 1.82) is 0 Å². The lowest BCUT2D eigenvalue weighted by atomic mass is 9.76. The highest BCUT2D eigenvalue weighted by atomic mass is 16.6. The predicted molar refractivity (Wildman–Crippen MR) is 68.8 cm³/mol. The number of rotatable bonds is 2. The average molecular weight is 273 g/mol. The summed E-state index contributed by atoms with van der Waals surface area (Å²) in [6.07, 6.45) is 0.383. The first kappa shape index (κ1) is 15.8. The van der Waals surface area contributed by atoms with E-state index in [1.165, 1.54) is 0 Å². The van der Waals surface area contributed by atoms with E-state index in [1.807, 2.05) is 0 Å². The highest BCUT2D eigenvalue weighted by Crippen LogP contribution is 2.32. The maximum absolute atomic E-state index is 11.7. The maximum atomic E-state index is 11.7. The fraction of sp³-hybridized carbons (Fsp3) is 0.846.